The molecule has 2 amide bonds. The first kappa shape index (κ1) is 23.5. The number of hydrogen-bond acceptors (Lipinski definition) is 5. The molecule has 0 unspecified atom stereocenters. The molecule has 4 N–H and O–H groups in total. The van der Waals surface area contributed by atoms with Crippen LogP contribution in [-0.4, -0.2) is 58.0 Å². The molecule has 184 valence electrons. The van der Waals surface area contributed by atoms with Crippen LogP contribution in [0.5, 0.6) is 0 Å². The molecule has 35 heavy (non-hydrogen) atoms. The van der Waals surface area contributed by atoms with Gasteiger partial charge in [-0.1, -0.05) is 0 Å². The summed E-state index contributed by atoms with van der Waals surface area (Å²) in [6.45, 7) is 3.09. The molecule has 0 bridgehead atoms. The SMILES string of the molecule is NC(=O)C1([NH+]2CCCCC2)CCN(C(=O)c2ccc3c(=O)n(Cc4ccco4)c(=S)[nH]c3c2)CC1. The number of benzene rings is 1. The summed E-state index contributed by atoms with van der Waals surface area (Å²) in [6.07, 6.45) is 6.09. The van der Waals surface area contributed by atoms with E-state index < -0.39 is 5.54 Å². The Bertz CT molecular complexity index is 1360. The molecule has 3 aromatic rings. The fourth-order valence-electron chi connectivity index (χ4n) is 5.59. The lowest BCUT2D eigenvalue weighted by Gasteiger charge is -2.45. The molecule has 0 radical (unpaired) electrons. The Hall–Kier alpha value is -3.24. The Kier molecular flexibility index (Phi) is 6.33. The van der Waals surface area contributed by atoms with Gasteiger partial charge in [-0.2, -0.15) is 0 Å². The Balaban J connectivity index is 1.36. The third-order valence-corrected chi connectivity index (χ3v) is 7.96. The maximum Gasteiger partial charge on any atom is 0.278 e. The molecule has 2 aliphatic rings. The predicted molar refractivity (Wildman–Crippen MR) is 133 cm³/mol. The second kappa shape index (κ2) is 9.43. The molecule has 0 saturated carbocycles. The van der Waals surface area contributed by atoms with Crippen LogP contribution in [-0.2, 0) is 11.3 Å². The van der Waals surface area contributed by atoms with Crippen LogP contribution in [0.15, 0.2) is 45.8 Å². The molecule has 2 aliphatic heterocycles. The molecule has 2 aromatic heterocycles. The van der Waals surface area contributed by atoms with Gasteiger partial charge in [0.15, 0.2) is 10.3 Å². The van der Waals surface area contributed by atoms with E-state index >= 15 is 0 Å². The minimum atomic E-state index is -0.593. The first-order valence-electron chi connectivity index (χ1n) is 12.1. The monoisotopic (exact) mass is 496 g/mol. The topological polar surface area (TPSA) is 119 Å². The average molecular weight is 497 g/mol. The van der Waals surface area contributed by atoms with Crippen LogP contribution in [0.3, 0.4) is 0 Å². The number of fused-ring (bicyclic) bond motifs is 1. The highest BCUT2D eigenvalue weighted by molar-refractivity contribution is 7.71. The van der Waals surface area contributed by atoms with Crippen LogP contribution < -0.4 is 16.2 Å². The molecule has 4 heterocycles. The number of nitrogens with two attached hydrogens (primary N) is 1. The lowest BCUT2D eigenvalue weighted by atomic mass is 9.83. The van der Waals surface area contributed by atoms with Gasteiger partial charge in [0, 0.05) is 31.5 Å². The summed E-state index contributed by atoms with van der Waals surface area (Å²) in [5.74, 6) is 0.240. The number of aromatic nitrogens is 2. The van der Waals surface area contributed by atoms with Crippen LogP contribution in [0.25, 0.3) is 10.9 Å². The quantitative estimate of drug-likeness (QED) is 0.459. The second-order valence-corrected chi connectivity index (χ2v) is 9.95. The van der Waals surface area contributed by atoms with E-state index in [0.29, 0.717) is 48.2 Å². The number of carbonyl (C=O) groups excluding carboxylic acids is 2. The first-order chi connectivity index (χ1) is 16.9. The zero-order valence-electron chi connectivity index (χ0n) is 19.5. The fourth-order valence-corrected chi connectivity index (χ4v) is 5.85. The van der Waals surface area contributed by atoms with Gasteiger partial charge >= 0.3 is 0 Å². The van der Waals surface area contributed by atoms with Crippen molar-refractivity contribution in [3.05, 3.63) is 63.0 Å². The predicted octanol–water partition coefficient (Wildman–Crippen LogP) is 1.23. The molecule has 2 saturated heterocycles. The van der Waals surface area contributed by atoms with Crippen LogP contribution in [0.4, 0.5) is 0 Å². The van der Waals surface area contributed by atoms with Crippen molar-refractivity contribution in [1.82, 2.24) is 14.5 Å². The minimum absolute atomic E-state index is 0.127. The van der Waals surface area contributed by atoms with E-state index in [1.807, 2.05) is 0 Å². The number of amides is 2. The third kappa shape index (κ3) is 4.32. The van der Waals surface area contributed by atoms with Crippen LogP contribution in [0.2, 0.25) is 0 Å². The molecule has 10 heteroatoms. The lowest BCUT2D eigenvalue weighted by Crippen LogP contribution is -3.22. The Labute approximate surface area is 207 Å². The summed E-state index contributed by atoms with van der Waals surface area (Å²) in [6, 6.07) is 8.55. The Morgan fingerprint density at radius 3 is 2.54 bits per heavy atom. The number of H-pyrrole nitrogens is 1. The molecule has 0 aliphatic carbocycles. The third-order valence-electron chi connectivity index (χ3n) is 7.63. The molecule has 1 aromatic carbocycles. The number of rotatable bonds is 5. The smallest absolute Gasteiger partial charge is 0.278 e. The fraction of sp³-hybridized carbons (Fsp3) is 0.440. The summed E-state index contributed by atoms with van der Waals surface area (Å²) < 4.78 is 7.05. The molecule has 2 fully saturated rings. The second-order valence-electron chi connectivity index (χ2n) is 9.56. The first-order valence-corrected chi connectivity index (χ1v) is 12.5. The van der Waals surface area contributed by atoms with E-state index in [9.17, 15) is 14.4 Å². The number of carbonyl (C=O) groups is 2. The van der Waals surface area contributed by atoms with Gasteiger partial charge < -0.3 is 24.9 Å². The summed E-state index contributed by atoms with van der Waals surface area (Å²) in [4.78, 5) is 45.0. The minimum Gasteiger partial charge on any atom is -0.467 e. The summed E-state index contributed by atoms with van der Waals surface area (Å²) >= 11 is 5.41. The molecule has 5 rings (SSSR count). The van der Waals surface area contributed by atoms with Gasteiger partial charge in [0.1, 0.15) is 5.76 Å². The number of likely N-dealkylation sites (tertiary alicyclic amines) is 2. The molecule has 9 nitrogen and oxygen atoms in total. The number of nitrogens with zero attached hydrogens (tertiary/aromatic N) is 2. The molecule has 0 spiro atoms. The molecular formula is C25H30N5O4S+. The number of piperidine rings is 2. The lowest BCUT2D eigenvalue weighted by molar-refractivity contribution is -0.948. The van der Waals surface area contributed by atoms with Crippen molar-refractivity contribution < 1.29 is 18.9 Å². The Morgan fingerprint density at radius 1 is 1.14 bits per heavy atom. The maximum absolute atomic E-state index is 13.3. The Morgan fingerprint density at radius 2 is 1.89 bits per heavy atom. The van der Waals surface area contributed by atoms with E-state index in [1.54, 1.807) is 41.5 Å². The number of hydrogen-bond donors (Lipinski definition) is 3. The number of nitrogens with one attached hydrogen (secondary N) is 2. The van der Waals surface area contributed by atoms with E-state index in [4.69, 9.17) is 22.4 Å². The van der Waals surface area contributed by atoms with Crippen LogP contribution >= 0.6 is 12.2 Å². The van der Waals surface area contributed by atoms with Crippen molar-refractivity contribution in [2.24, 2.45) is 5.73 Å². The zero-order valence-corrected chi connectivity index (χ0v) is 20.4. The zero-order chi connectivity index (χ0) is 24.6. The summed E-state index contributed by atoms with van der Waals surface area (Å²) in [5.41, 5.74) is 6.05. The van der Waals surface area contributed by atoms with Gasteiger partial charge in [-0.25, -0.2) is 0 Å². The van der Waals surface area contributed by atoms with E-state index in [-0.39, 0.29) is 28.7 Å². The van der Waals surface area contributed by atoms with Crippen molar-refractivity contribution in [2.75, 3.05) is 26.2 Å². The van der Waals surface area contributed by atoms with Gasteiger partial charge in [0.2, 0.25) is 0 Å². The van der Waals surface area contributed by atoms with Gasteiger partial charge in [0.25, 0.3) is 17.4 Å². The van der Waals surface area contributed by atoms with Crippen LogP contribution in [0.1, 0.15) is 48.2 Å². The summed E-state index contributed by atoms with van der Waals surface area (Å²) in [5, 5.41) is 0.446. The van der Waals surface area contributed by atoms with Crippen molar-refractivity contribution >= 4 is 34.9 Å². The van der Waals surface area contributed by atoms with Crippen molar-refractivity contribution in [2.45, 2.75) is 44.2 Å². The highest BCUT2D eigenvalue weighted by Crippen LogP contribution is 2.23. The number of aromatic amines is 1. The molecule has 0 atom stereocenters. The van der Waals surface area contributed by atoms with Crippen LogP contribution in [0, 0.1) is 4.77 Å². The highest BCUT2D eigenvalue weighted by Gasteiger charge is 2.49. The highest BCUT2D eigenvalue weighted by atomic mass is 32.1. The van der Waals surface area contributed by atoms with E-state index in [2.05, 4.69) is 4.98 Å². The molecular weight excluding hydrogens is 466 g/mol. The van der Waals surface area contributed by atoms with Crippen molar-refractivity contribution in [1.29, 1.82) is 0 Å². The van der Waals surface area contributed by atoms with E-state index in [1.165, 1.54) is 15.9 Å². The number of furan rings is 1. The van der Waals surface area contributed by atoms with E-state index in [0.717, 1.165) is 25.9 Å². The maximum atomic E-state index is 13.3. The van der Waals surface area contributed by atoms with Crippen molar-refractivity contribution in [3.63, 3.8) is 0 Å². The summed E-state index contributed by atoms with van der Waals surface area (Å²) in [7, 11) is 0. The largest absolute Gasteiger partial charge is 0.467 e. The standard InChI is InChI=1S/C25H29N5O4S/c26-23(33)25(29-10-2-1-3-11-29)8-12-28(13-9-25)21(31)17-6-7-19-20(15-17)27-24(35)30(22(19)32)16-18-5-4-14-34-18/h4-7,14-15H,1-3,8-13,16H2,(H2,26,33)(H,27,35)/p+1. The van der Waals surface area contributed by atoms with Gasteiger partial charge in [-0.05, 0) is 61.8 Å². The van der Waals surface area contributed by atoms with Gasteiger partial charge in [-0.3, -0.25) is 19.0 Å². The average Bonchev–Trinajstić information content (AvgIpc) is 3.39. The number of primary amides is 1. The van der Waals surface area contributed by atoms with Crippen molar-refractivity contribution in [3.8, 4) is 0 Å². The number of quaternary nitrogens is 1. The van der Waals surface area contributed by atoms with Gasteiger partial charge in [0.05, 0.1) is 36.8 Å². The van der Waals surface area contributed by atoms with Gasteiger partial charge in [-0.15, -0.1) is 0 Å². The normalized spacial score (nSPS) is 18.6.